The van der Waals surface area contributed by atoms with Gasteiger partial charge in [-0.3, -0.25) is 4.99 Å². The summed E-state index contributed by atoms with van der Waals surface area (Å²) in [6.07, 6.45) is 0. The van der Waals surface area contributed by atoms with E-state index in [1.165, 1.54) is 0 Å². The molecule has 0 bridgehead atoms. The molecule has 0 spiro atoms. The molecule has 1 aliphatic heterocycles. The summed E-state index contributed by atoms with van der Waals surface area (Å²) in [5.41, 5.74) is 0. The van der Waals surface area contributed by atoms with E-state index in [2.05, 4.69) is 32.7 Å². The van der Waals surface area contributed by atoms with Crippen LogP contribution in [0.4, 0.5) is 0 Å². The van der Waals surface area contributed by atoms with Crippen molar-refractivity contribution in [1.82, 2.24) is 4.90 Å². The summed E-state index contributed by atoms with van der Waals surface area (Å²) < 4.78 is 5.40. The lowest BCUT2D eigenvalue weighted by Crippen LogP contribution is -2.36. The van der Waals surface area contributed by atoms with E-state index >= 15 is 0 Å². The summed E-state index contributed by atoms with van der Waals surface area (Å²) >= 11 is 3.55. The van der Waals surface area contributed by atoms with Crippen LogP contribution in [0.15, 0.2) is 4.99 Å². The van der Waals surface area contributed by atoms with Crippen LogP contribution in [-0.2, 0) is 4.74 Å². The quantitative estimate of drug-likeness (QED) is 0.636. The van der Waals surface area contributed by atoms with Crippen LogP contribution in [-0.4, -0.2) is 48.9 Å². The Kier molecular flexibility index (Phi) is 4.01. The van der Waals surface area contributed by atoms with E-state index in [1.54, 1.807) is 0 Å². The number of hydrogen-bond donors (Lipinski definition) is 0. The topological polar surface area (TPSA) is 24.8 Å². The fourth-order valence-corrected chi connectivity index (χ4v) is 2.03. The van der Waals surface area contributed by atoms with Crippen molar-refractivity contribution in [3.8, 4) is 0 Å². The zero-order valence-electron chi connectivity index (χ0n) is 7.59. The molecule has 1 atom stereocenters. The molecule has 0 radical (unpaired) electrons. The molecule has 4 heteroatoms. The highest BCUT2D eigenvalue weighted by Gasteiger charge is 2.20. The lowest BCUT2D eigenvalue weighted by molar-refractivity contribution is 0.145. The molecule has 0 aromatic rings. The van der Waals surface area contributed by atoms with Gasteiger partial charge in [0.1, 0.15) is 5.84 Å². The summed E-state index contributed by atoms with van der Waals surface area (Å²) in [6.45, 7) is 5.61. The molecule has 70 valence electrons. The maximum absolute atomic E-state index is 5.40. The first-order valence-corrected chi connectivity index (χ1v) is 5.14. The zero-order chi connectivity index (χ0) is 8.97. The van der Waals surface area contributed by atoms with Gasteiger partial charge in [0.2, 0.25) is 0 Å². The van der Waals surface area contributed by atoms with Crippen LogP contribution < -0.4 is 0 Å². The highest BCUT2D eigenvalue weighted by Crippen LogP contribution is 2.10. The number of alkyl halides is 1. The molecule has 3 nitrogen and oxygen atoms in total. The van der Waals surface area contributed by atoms with Crippen molar-refractivity contribution < 1.29 is 4.74 Å². The van der Waals surface area contributed by atoms with Crippen LogP contribution >= 0.6 is 15.9 Å². The van der Waals surface area contributed by atoms with Gasteiger partial charge < -0.3 is 9.64 Å². The fraction of sp³-hybridized carbons (Fsp3) is 0.875. The van der Waals surface area contributed by atoms with Gasteiger partial charge in [-0.1, -0.05) is 15.9 Å². The van der Waals surface area contributed by atoms with Gasteiger partial charge in [0.05, 0.1) is 18.0 Å². The molecule has 0 aliphatic carbocycles. The smallest absolute Gasteiger partial charge is 0.115 e. The fourth-order valence-electron chi connectivity index (χ4n) is 1.35. The second kappa shape index (κ2) is 4.82. The summed E-state index contributed by atoms with van der Waals surface area (Å²) in [6, 6.07) is 0. The first-order valence-electron chi connectivity index (χ1n) is 4.23. The van der Waals surface area contributed by atoms with E-state index in [0.717, 1.165) is 32.1 Å². The first kappa shape index (κ1) is 9.99. The Labute approximate surface area is 81.9 Å². The Hall–Kier alpha value is -0.0900. The Morgan fingerprint density at radius 1 is 1.75 bits per heavy atom. The maximum atomic E-state index is 5.40. The molecule has 0 aromatic heterocycles. The molecule has 1 unspecified atom stereocenters. The monoisotopic (exact) mass is 234 g/mol. The molecule has 1 aliphatic rings. The summed E-state index contributed by atoms with van der Waals surface area (Å²) in [5.74, 6) is 1.11. The average Bonchev–Trinajstić information content (AvgIpc) is 2.26. The number of aliphatic imine (C=N–C) groups is 1. The molecule has 0 saturated carbocycles. The van der Waals surface area contributed by atoms with Gasteiger partial charge in [-0.05, 0) is 6.92 Å². The van der Waals surface area contributed by atoms with Crippen LogP contribution in [0.5, 0.6) is 0 Å². The Balaban J connectivity index is 2.70. The van der Waals surface area contributed by atoms with Crippen LogP contribution in [0.3, 0.4) is 0 Å². The molecule has 0 amide bonds. The number of hydrogen-bond acceptors (Lipinski definition) is 2. The van der Waals surface area contributed by atoms with Crippen LogP contribution in [0.25, 0.3) is 0 Å². The molecule has 0 N–H and O–H groups in total. The SMILES string of the molecule is CCN1CCOCC(Br)C1=NC. The van der Waals surface area contributed by atoms with E-state index in [4.69, 9.17) is 4.74 Å². The Morgan fingerprint density at radius 3 is 3.08 bits per heavy atom. The lowest BCUT2D eigenvalue weighted by atomic mass is 10.3. The van der Waals surface area contributed by atoms with Gasteiger partial charge in [0.15, 0.2) is 0 Å². The van der Waals surface area contributed by atoms with Gasteiger partial charge in [-0.25, -0.2) is 0 Å². The number of rotatable bonds is 1. The van der Waals surface area contributed by atoms with E-state index in [1.807, 2.05) is 7.05 Å². The number of likely N-dealkylation sites (N-methyl/N-ethyl adjacent to an activating group) is 1. The standard InChI is InChI=1S/C8H15BrN2O/c1-3-11-4-5-12-6-7(9)8(11)10-2/h7H,3-6H2,1-2H3. The van der Waals surface area contributed by atoms with Crippen molar-refractivity contribution in [2.24, 2.45) is 4.99 Å². The Morgan fingerprint density at radius 2 is 2.50 bits per heavy atom. The molecule has 1 heterocycles. The van der Waals surface area contributed by atoms with Crippen LogP contribution in [0.2, 0.25) is 0 Å². The number of nitrogens with zero attached hydrogens (tertiary/aromatic N) is 2. The molecule has 0 aromatic carbocycles. The second-order valence-electron chi connectivity index (χ2n) is 2.70. The second-order valence-corrected chi connectivity index (χ2v) is 3.81. The molecule has 1 saturated heterocycles. The zero-order valence-corrected chi connectivity index (χ0v) is 9.17. The number of ether oxygens (including phenoxy) is 1. The molecule has 1 fully saturated rings. The summed E-state index contributed by atoms with van der Waals surface area (Å²) in [5, 5.41) is 0. The van der Waals surface area contributed by atoms with E-state index < -0.39 is 0 Å². The predicted octanol–water partition coefficient (Wildman–Crippen LogP) is 1.13. The Bertz CT molecular complexity index is 172. The van der Waals surface area contributed by atoms with Gasteiger partial charge in [0, 0.05) is 20.1 Å². The van der Waals surface area contributed by atoms with Crippen LogP contribution in [0, 0.1) is 0 Å². The highest BCUT2D eigenvalue weighted by molar-refractivity contribution is 9.10. The third kappa shape index (κ3) is 2.20. The summed E-state index contributed by atoms with van der Waals surface area (Å²) in [4.78, 5) is 6.75. The average molecular weight is 235 g/mol. The highest BCUT2D eigenvalue weighted by atomic mass is 79.9. The molecule has 1 rings (SSSR count). The normalized spacial score (nSPS) is 29.1. The molecular formula is C8H15BrN2O. The van der Waals surface area contributed by atoms with Gasteiger partial charge in [-0.2, -0.15) is 0 Å². The summed E-state index contributed by atoms with van der Waals surface area (Å²) in [7, 11) is 1.83. The largest absolute Gasteiger partial charge is 0.378 e. The van der Waals surface area contributed by atoms with Crippen molar-refractivity contribution in [2.75, 3.05) is 33.4 Å². The van der Waals surface area contributed by atoms with Crippen molar-refractivity contribution in [1.29, 1.82) is 0 Å². The minimum absolute atomic E-state index is 0.255. The van der Waals surface area contributed by atoms with E-state index in [9.17, 15) is 0 Å². The minimum Gasteiger partial charge on any atom is -0.378 e. The third-order valence-electron chi connectivity index (χ3n) is 1.98. The van der Waals surface area contributed by atoms with Crippen molar-refractivity contribution in [3.63, 3.8) is 0 Å². The van der Waals surface area contributed by atoms with Gasteiger partial charge in [-0.15, -0.1) is 0 Å². The maximum Gasteiger partial charge on any atom is 0.115 e. The van der Waals surface area contributed by atoms with Gasteiger partial charge >= 0.3 is 0 Å². The van der Waals surface area contributed by atoms with E-state index in [-0.39, 0.29) is 4.83 Å². The first-order chi connectivity index (χ1) is 5.79. The van der Waals surface area contributed by atoms with E-state index in [0.29, 0.717) is 0 Å². The van der Waals surface area contributed by atoms with Crippen LogP contribution in [0.1, 0.15) is 6.92 Å². The predicted molar refractivity (Wildman–Crippen MR) is 54.1 cm³/mol. The lowest BCUT2D eigenvalue weighted by Gasteiger charge is -2.23. The third-order valence-corrected chi connectivity index (χ3v) is 2.66. The van der Waals surface area contributed by atoms with Gasteiger partial charge in [0.25, 0.3) is 0 Å². The number of halogens is 1. The minimum atomic E-state index is 0.255. The molecular weight excluding hydrogens is 220 g/mol. The number of amidine groups is 1. The van der Waals surface area contributed by atoms with Crippen molar-refractivity contribution in [3.05, 3.63) is 0 Å². The molecule has 12 heavy (non-hydrogen) atoms. The van der Waals surface area contributed by atoms with Crippen molar-refractivity contribution in [2.45, 2.75) is 11.8 Å². The van der Waals surface area contributed by atoms with Crippen molar-refractivity contribution >= 4 is 21.8 Å².